The number of nitrogens with zero attached hydrogens (tertiary/aromatic N) is 2. The Morgan fingerprint density at radius 2 is 2.32 bits per heavy atom. The van der Waals surface area contributed by atoms with Crippen molar-refractivity contribution in [2.75, 3.05) is 0 Å². The lowest BCUT2D eigenvalue weighted by Crippen LogP contribution is -2.21. The number of halogens is 1. The molecule has 1 aliphatic carbocycles. The van der Waals surface area contributed by atoms with Gasteiger partial charge in [-0.2, -0.15) is 0 Å². The van der Waals surface area contributed by atoms with Gasteiger partial charge in [-0.3, -0.25) is 4.79 Å². The van der Waals surface area contributed by atoms with E-state index in [0.29, 0.717) is 17.1 Å². The van der Waals surface area contributed by atoms with E-state index in [1.807, 2.05) is 6.07 Å². The average molecular weight is 279 g/mol. The lowest BCUT2D eigenvalue weighted by molar-refractivity contribution is 0.398. The third-order valence-corrected chi connectivity index (χ3v) is 3.83. The summed E-state index contributed by atoms with van der Waals surface area (Å²) in [5.74, 6) is 0.0290. The molecule has 19 heavy (non-hydrogen) atoms. The highest BCUT2D eigenvalue weighted by Crippen LogP contribution is 2.46. The van der Waals surface area contributed by atoms with Crippen LogP contribution >= 0.6 is 11.6 Å². The summed E-state index contributed by atoms with van der Waals surface area (Å²) < 4.78 is 1.59. The van der Waals surface area contributed by atoms with E-state index in [1.54, 1.807) is 16.8 Å². The molecular weight excluding hydrogens is 266 g/mol. The van der Waals surface area contributed by atoms with Crippen LogP contribution in [0.25, 0.3) is 10.8 Å². The molecule has 0 aliphatic heterocycles. The molecule has 1 aliphatic rings. The van der Waals surface area contributed by atoms with Crippen LogP contribution in [0.2, 0.25) is 11.0 Å². The highest BCUT2D eigenvalue weighted by Gasteiger charge is 2.45. The molecule has 98 valence electrons. The van der Waals surface area contributed by atoms with Gasteiger partial charge in [-0.05, 0) is 35.7 Å². The Bertz CT molecular complexity index is 688. The quantitative estimate of drug-likeness (QED) is 0.646. The molecule has 2 aromatic heterocycles. The zero-order valence-corrected chi connectivity index (χ0v) is 10.8. The summed E-state index contributed by atoms with van der Waals surface area (Å²) in [5, 5.41) is 19.8. The molecule has 0 radical (unpaired) electrons. The number of aromatic nitrogens is 2. The van der Waals surface area contributed by atoms with Crippen LogP contribution in [-0.4, -0.2) is 26.7 Å². The van der Waals surface area contributed by atoms with E-state index in [4.69, 9.17) is 21.6 Å². The van der Waals surface area contributed by atoms with E-state index in [1.165, 1.54) is 6.20 Å². The van der Waals surface area contributed by atoms with Crippen LogP contribution in [0.5, 0.6) is 0 Å². The summed E-state index contributed by atoms with van der Waals surface area (Å²) in [6.07, 6.45) is 3.92. The van der Waals surface area contributed by atoms with Crippen LogP contribution < -0.4 is 5.56 Å². The zero-order valence-electron chi connectivity index (χ0n) is 10.0. The number of rotatable bonds is 3. The molecule has 0 saturated heterocycles. The van der Waals surface area contributed by atoms with Crippen LogP contribution in [0.1, 0.15) is 6.42 Å². The highest BCUT2D eigenvalue weighted by atomic mass is 35.5. The molecule has 0 amide bonds. The summed E-state index contributed by atoms with van der Waals surface area (Å²) >= 11 is 5.78. The summed E-state index contributed by atoms with van der Waals surface area (Å²) in [4.78, 5) is 16.2. The Kier molecular flexibility index (Phi) is 3.08. The number of pyridine rings is 2. The molecule has 2 atom stereocenters. The van der Waals surface area contributed by atoms with Crippen molar-refractivity contribution in [1.29, 1.82) is 0 Å². The van der Waals surface area contributed by atoms with Crippen molar-refractivity contribution < 1.29 is 10.0 Å². The Hall–Kier alpha value is -1.37. The molecule has 2 aromatic rings. The molecule has 2 unspecified atom stereocenters. The molecule has 2 heterocycles. The molecule has 7 heteroatoms. The second-order valence-electron chi connectivity index (χ2n) is 4.94. The fraction of sp³-hybridized carbons (Fsp3) is 0.333. The normalized spacial score (nSPS) is 21.6. The molecule has 1 fully saturated rings. The van der Waals surface area contributed by atoms with Crippen LogP contribution in [0, 0.1) is 5.92 Å². The van der Waals surface area contributed by atoms with Crippen molar-refractivity contribution in [1.82, 2.24) is 9.55 Å². The number of hydrogen-bond acceptors (Lipinski definition) is 4. The molecule has 5 nitrogen and oxygen atoms in total. The zero-order chi connectivity index (χ0) is 13.6. The SMILES string of the molecule is O=c1c2cnc(Cl)cc2ccn1CC1CC1B(O)O. The van der Waals surface area contributed by atoms with Gasteiger partial charge >= 0.3 is 7.12 Å². The Morgan fingerprint density at radius 1 is 1.53 bits per heavy atom. The van der Waals surface area contributed by atoms with Crippen molar-refractivity contribution in [3.05, 3.63) is 40.0 Å². The van der Waals surface area contributed by atoms with Crippen molar-refractivity contribution in [3.8, 4) is 0 Å². The lowest BCUT2D eigenvalue weighted by Gasteiger charge is -2.07. The van der Waals surface area contributed by atoms with Crippen LogP contribution in [-0.2, 0) is 6.54 Å². The van der Waals surface area contributed by atoms with Gasteiger partial charge in [-0.15, -0.1) is 0 Å². The molecule has 3 rings (SSSR count). The van der Waals surface area contributed by atoms with Crippen LogP contribution in [0.3, 0.4) is 0 Å². The minimum atomic E-state index is -1.29. The second kappa shape index (κ2) is 4.63. The van der Waals surface area contributed by atoms with Gasteiger partial charge in [-0.1, -0.05) is 11.6 Å². The van der Waals surface area contributed by atoms with Crippen molar-refractivity contribution in [3.63, 3.8) is 0 Å². The van der Waals surface area contributed by atoms with Crippen molar-refractivity contribution in [2.24, 2.45) is 5.92 Å². The van der Waals surface area contributed by atoms with Crippen LogP contribution in [0.15, 0.2) is 29.3 Å². The first-order valence-electron chi connectivity index (χ1n) is 6.07. The summed E-state index contributed by atoms with van der Waals surface area (Å²) in [6, 6.07) is 3.47. The third kappa shape index (κ3) is 2.39. The van der Waals surface area contributed by atoms with E-state index < -0.39 is 7.12 Å². The summed E-state index contributed by atoms with van der Waals surface area (Å²) in [7, 11) is -1.29. The number of fused-ring (bicyclic) bond motifs is 1. The number of hydrogen-bond donors (Lipinski definition) is 2. The van der Waals surface area contributed by atoms with Crippen LogP contribution in [0.4, 0.5) is 0 Å². The first-order valence-corrected chi connectivity index (χ1v) is 6.45. The third-order valence-electron chi connectivity index (χ3n) is 3.62. The fourth-order valence-corrected chi connectivity index (χ4v) is 2.56. The molecule has 0 bridgehead atoms. The largest absolute Gasteiger partial charge is 0.455 e. The Balaban J connectivity index is 1.91. The lowest BCUT2D eigenvalue weighted by atomic mass is 9.82. The van der Waals surface area contributed by atoms with E-state index in [9.17, 15) is 4.79 Å². The molecule has 0 spiro atoms. The summed E-state index contributed by atoms with van der Waals surface area (Å²) in [5.41, 5.74) is -0.125. The summed E-state index contributed by atoms with van der Waals surface area (Å²) in [6.45, 7) is 0.500. The van der Waals surface area contributed by atoms with Gasteiger partial charge in [0.1, 0.15) is 5.15 Å². The minimum absolute atomic E-state index is 0.120. The highest BCUT2D eigenvalue weighted by molar-refractivity contribution is 6.44. The molecular formula is C12H12BClN2O3. The van der Waals surface area contributed by atoms with Crippen molar-refractivity contribution in [2.45, 2.75) is 18.8 Å². The first kappa shape index (κ1) is 12.7. The second-order valence-corrected chi connectivity index (χ2v) is 5.33. The van der Waals surface area contributed by atoms with Gasteiger partial charge in [0.25, 0.3) is 5.56 Å². The van der Waals surface area contributed by atoms with E-state index in [2.05, 4.69) is 4.98 Å². The van der Waals surface area contributed by atoms with Gasteiger partial charge in [-0.25, -0.2) is 4.98 Å². The smallest absolute Gasteiger partial charge is 0.427 e. The topological polar surface area (TPSA) is 75.4 Å². The Labute approximate surface area is 114 Å². The molecule has 1 saturated carbocycles. The van der Waals surface area contributed by atoms with Gasteiger partial charge in [0.15, 0.2) is 0 Å². The first-order chi connectivity index (χ1) is 9.06. The van der Waals surface area contributed by atoms with Gasteiger partial charge < -0.3 is 14.6 Å². The molecule has 2 N–H and O–H groups in total. The molecule has 0 aromatic carbocycles. The minimum Gasteiger partial charge on any atom is -0.427 e. The predicted octanol–water partition coefficient (Wildman–Crippen LogP) is 0.913. The maximum absolute atomic E-state index is 12.2. The van der Waals surface area contributed by atoms with Gasteiger partial charge in [0.2, 0.25) is 0 Å². The van der Waals surface area contributed by atoms with Gasteiger partial charge in [0, 0.05) is 18.9 Å². The Morgan fingerprint density at radius 3 is 3.00 bits per heavy atom. The monoisotopic (exact) mass is 278 g/mol. The fourth-order valence-electron chi connectivity index (χ4n) is 2.40. The maximum Gasteiger partial charge on any atom is 0.455 e. The maximum atomic E-state index is 12.2. The predicted molar refractivity (Wildman–Crippen MR) is 73.1 cm³/mol. The van der Waals surface area contributed by atoms with E-state index >= 15 is 0 Å². The van der Waals surface area contributed by atoms with E-state index in [0.717, 1.165) is 11.8 Å². The standard InChI is InChI=1S/C12H12BClN2O3/c14-11-4-7-1-2-16(12(17)9(7)5-15-11)6-8-3-10(8)13(18)19/h1-2,4-5,8,10,18-19H,3,6H2. The van der Waals surface area contributed by atoms with Gasteiger partial charge in [0.05, 0.1) is 5.39 Å². The van der Waals surface area contributed by atoms with Crippen molar-refractivity contribution >= 4 is 29.5 Å². The van der Waals surface area contributed by atoms with E-state index in [-0.39, 0.29) is 17.3 Å². The average Bonchev–Trinajstić information content (AvgIpc) is 3.12.